The Morgan fingerprint density at radius 1 is 1.17 bits per heavy atom. The normalized spacial score (nSPS) is 14.8. The Morgan fingerprint density at radius 2 is 1.97 bits per heavy atom. The number of hydrogen-bond donors (Lipinski definition) is 0. The van der Waals surface area contributed by atoms with Crippen LogP contribution in [-0.2, 0) is 0 Å². The predicted octanol–water partition coefficient (Wildman–Crippen LogP) is 3.10. The number of pyridine rings is 1. The van der Waals surface area contributed by atoms with Gasteiger partial charge in [-0.05, 0) is 43.2 Å². The summed E-state index contributed by atoms with van der Waals surface area (Å²) in [6.07, 6.45) is 4.85. The van der Waals surface area contributed by atoms with Crippen LogP contribution >= 0.6 is 0 Å². The molecule has 3 aromatic rings. The summed E-state index contributed by atoms with van der Waals surface area (Å²) in [6, 6.07) is 8.23. The van der Waals surface area contributed by atoms with Crippen LogP contribution in [0.1, 0.15) is 34.5 Å². The summed E-state index contributed by atoms with van der Waals surface area (Å²) < 4.78 is 20.7. The highest BCUT2D eigenvalue weighted by Crippen LogP contribution is 2.19. The molecule has 0 N–H and O–H groups in total. The molecule has 0 aliphatic carbocycles. The second kappa shape index (κ2) is 7.98. The third-order valence-electron chi connectivity index (χ3n) is 5.02. The number of hydrogen-bond acceptors (Lipinski definition) is 5. The topological polar surface area (TPSA) is 73.1 Å². The molecule has 2 aromatic heterocycles. The molecule has 7 nitrogen and oxygen atoms in total. The fraction of sp³-hybridized carbons (Fsp3) is 0.333. The fourth-order valence-electron chi connectivity index (χ4n) is 3.39. The maximum atomic E-state index is 13.3. The number of benzene rings is 1. The molecule has 1 saturated heterocycles. The van der Waals surface area contributed by atoms with Gasteiger partial charge in [0.25, 0.3) is 5.91 Å². The van der Waals surface area contributed by atoms with E-state index in [2.05, 4.69) is 15.3 Å². The van der Waals surface area contributed by atoms with Crippen molar-refractivity contribution in [3.8, 4) is 11.6 Å². The SMILES string of the molecule is Cc1ccc(OC2CCN(C(=O)c3cn(-c4ccc(F)cc4C)nn3)CC2)nc1. The van der Waals surface area contributed by atoms with Crippen LogP contribution in [-0.4, -0.2) is 50.0 Å². The lowest BCUT2D eigenvalue weighted by Gasteiger charge is -2.31. The second-order valence-corrected chi connectivity index (χ2v) is 7.26. The molecule has 1 aliphatic rings. The summed E-state index contributed by atoms with van der Waals surface area (Å²) in [6.45, 7) is 4.93. The van der Waals surface area contributed by atoms with E-state index in [4.69, 9.17) is 4.74 Å². The lowest BCUT2D eigenvalue weighted by atomic mass is 10.1. The second-order valence-electron chi connectivity index (χ2n) is 7.26. The molecule has 1 fully saturated rings. The zero-order valence-corrected chi connectivity index (χ0v) is 16.4. The van der Waals surface area contributed by atoms with E-state index in [9.17, 15) is 9.18 Å². The van der Waals surface area contributed by atoms with Gasteiger partial charge in [-0.25, -0.2) is 14.1 Å². The summed E-state index contributed by atoms with van der Waals surface area (Å²) in [4.78, 5) is 18.8. The average Bonchev–Trinajstić information content (AvgIpc) is 3.20. The van der Waals surface area contributed by atoms with Crippen LogP contribution in [0.15, 0.2) is 42.7 Å². The number of rotatable bonds is 4. The highest BCUT2D eigenvalue weighted by atomic mass is 19.1. The van der Waals surface area contributed by atoms with E-state index in [1.54, 1.807) is 30.3 Å². The van der Waals surface area contributed by atoms with Gasteiger partial charge >= 0.3 is 0 Å². The van der Waals surface area contributed by atoms with E-state index in [-0.39, 0.29) is 23.5 Å². The van der Waals surface area contributed by atoms with Crippen LogP contribution < -0.4 is 4.74 Å². The summed E-state index contributed by atoms with van der Waals surface area (Å²) >= 11 is 0. The van der Waals surface area contributed by atoms with Gasteiger partial charge in [0.1, 0.15) is 11.9 Å². The van der Waals surface area contributed by atoms with Crippen molar-refractivity contribution in [1.82, 2.24) is 24.9 Å². The minimum Gasteiger partial charge on any atom is -0.474 e. The van der Waals surface area contributed by atoms with Gasteiger partial charge in [-0.2, -0.15) is 0 Å². The maximum Gasteiger partial charge on any atom is 0.276 e. The van der Waals surface area contributed by atoms with Gasteiger partial charge in [-0.1, -0.05) is 11.3 Å². The van der Waals surface area contributed by atoms with Crippen molar-refractivity contribution in [2.45, 2.75) is 32.8 Å². The van der Waals surface area contributed by atoms with Crippen molar-refractivity contribution in [1.29, 1.82) is 0 Å². The lowest BCUT2D eigenvalue weighted by Crippen LogP contribution is -2.42. The smallest absolute Gasteiger partial charge is 0.276 e. The summed E-state index contributed by atoms with van der Waals surface area (Å²) in [7, 11) is 0. The number of aryl methyl sites for hydroxylation is 2. The number of carbonyl (C=O) groups is 1. The van der Waals surface area contributed by atoms with Crippen molar-refractivity contribution in [3.05, 3.63) is 65.4 Å². The Kier molecular flexibility index (Phi) is 5.24. The summed E-state index contributed by atoms with van der Waals surface area (Å²) in [5.74, 6) is 0.134. The minimum absolute atomic E-state index is 0.0341. The molecule has 1 aliphatic heterocycles. The monoisotopic (exact) mass is 395 g/mol. The number of nitrogens with zero attached hydrogens (tertiary/aromatic N) is 5. The first kappa shape index (κ1) is 19.0. The Morgan fingerprint density at radius 3 is 2.66 bits per heavy atom. The molecule has 0 bridgehead atoms. The van der Waals surface area contributed by atoms with E-state index < -0.39 is 0 Å². The van der Waals surface area contributed by atoms with Gasteiger partial charge in [0.2, 0.25) is 5.88 Å². The zero-order chi connectivity index (χ0) is 20.4. The third kappa shape index (κ3) is 4.26. The Labute approximate surface area is 168 Å². The molecular formula is C21H22FN5O2. The number of ether oxygens (including phenoxy) is 1. The molecule has 0 saturated carbocycles. The van der Waals surface area contributed by atoms with E-state index in [1.165, 1.54) is 16.8 Å². The predicted molar refractivity (Wildman–Crippen MR) is 105 cm³/mol. The van der Waals surface area contributed by atoms with Crippen LogP contribution in [0.2, 0.25) is 0 Å². The number of likely N-dealkylation sites (tertiary alicyclic amines) is 1. The molecule has 0 unspecified atom stereocenters. The van der Waals surface area contributed by atoms with Gasteiger partial charge in [0.15, 0.2) is 5.69 Å². The first-order valence-corrected chi connectivity index (χ1v) is 9.57. The first-order valence-electron chi connectivity index (χ1n) is 9.57. The number of halogens is 1. The summed E-state index contributed by atoms with van der Waals surface area (Å²) in [5, 5.41) is 8.05. The molecule has 1 amide bonds. The molecule has 0 atom stereocenters. The van der Waals surface area contributed by atoms with E-state index >= 15 is 0 Å². The lowest BCUT2D eigenvalue weighted by molar-refractivity contribution is 0.0582. The average molecular weight is 395 g/mol. The van der Waals surface area contributed by atoms with E-state index in [0.717, 1.165) is 24.0 Å². The standard InChI is InChI=1S/C21H22FN5O2/c1-14-3-6-20(23-12-14)29-17-7-9-26(10-8-17)21(28)18-13-27(25-24-18)19-5-4-16(22)11-15(19)2/h3-6,11-13,17H,7-10H2,1-2H3. The zero-order valence-electron chi connectivity index (χ0n) is 16.4. The van der Waals surface area contributed by atoms with E-state index in [0.29, 0.717) is 24.7 Å². The third-order valence-corrected chi connectivity index (χ3v) is 5.02. The van der Waals surface area contributed by atoms with Crippen molar-refractivity contribution in [3.63, 3.8) is 0 Å². The van der Waals surface area contributed by atoms with Gasteiger partial charge in [-0.15, -0.1) is 5.10 Å². The number of aromatic nitrogens is 4. The highest BCUT2D eigenvalue weighted by molar-refractivity contribution is 5.92. The van der Waals surface area contributed by atoms with Crippen LogP contribution in [0, 0.1) is 19.7 Å². The molecule has 0 spiro atoms. The van der Waals surface area contributed by atoms with Crippen LogP contribution in [0.5, 0.6) is 5.88 Å². The number of carbonyl (C=O) groups excluding carboxylic acids is 1. The molecular weight excluding hydrogens is 373 g/mol. The molecule has 0 radical (unpaired) electrons. The molecule has 3 heterocycles. The van der Waals surface area contributed by atoms with Crippen molar-refractivity contribution in [2.24, 2.45) is 0 Å². The van der Waals surface area contributed by atoms with Crippen molar-refractivity contribution >= 4 is 5.91 Å². The van der Waals surface area contributed by atoms with Crippen molar-refractivity contribution in [2.75, 3.05) is 13.1 Å². The molecule has 8 heteroatoms. The van der Waals surface area contributed by atoms with Gasteiger partial charge in [0.05, 0.1) is 11.9 Å². The number of piperidine rings is 1. The molecule has 150 valence electrons. The fourth-order valence-corrected chi connectivity index (χ4v) is 3.39. The Hall–Kier alpha value is -3.29. The molecule has 4 rings (SSSR count). The summed E-state index contributed by atoms with van der Waals surface area (Å²) in [5.41, 5.74) is 2.77. The molecule has 1 aromatic carbocycles. The maximum absolute atomic E-state index is 13.3. The van der Waals surface area contributed by atoms with Gasteiger partial charge in [0, 0.05) is 38.2 Å². The first-order chi connectivity index (χ1) is 14.0. The number of amides is 1. The van der Waals surface area contributed by atoms with Crippen LogP contribution in [0.25, 0.3) is 5.69 Å². The largest absolute Gasteiger partial charge is 0.474 e. The van der Waals surface area contributed by atoms with Crippen LogP contribution in [0.3, 0.4) is 0 Å². The Balaban J connectivity index is 1.37. The highest BCUT2D eigenvalue weighted by Gasteiger charge is 2.26. The Bertz CT molecular complexity index is 1010. The molecule has 29 heavy (non-hydrogen) atoms. The minimum atomic E-state index is -0.311. The van der Waals surface area contributed by atoms with Gasteiger partial charge < -0.3 is 9.64 Å². The quantitative estimate of drug-likeness (QED) is 0.679. The van der Waals surface area contributed by atoms with Gasteiger partial charge in [-0.3, -0.25) is 4.79 Å². The van der Waals surface area contributed by atoms with E-state index in [1.807, 2.05) is 19.1 Å². The van der Waals surface area contributed by atoms with Crippen LogP contribution in [0.4, 0.5) is 4.39 Å². The van der Waals surface area contributed by atoms with Crippen molar-refractivity contribution < 1.29 is 13.9 Å².